The first-order valence-corrected chi connectivity index (χ1v) is 11.7. The van der Waals surface area contributed by atoms with Crippen molar-refractivity contribution in [3.63, 3.8) is 0 Å². The van der Waals surface area contributed by atoms with Crippen molar-refractivity contribution in [2.24, 2.45) is 0 Å². The lowest BCUT2D eigenvalue weighted by atomic mass is 10.3. The third-order valence-corrected chi connectivity index (χ3v) is 6.11. The fourth-order valence-electron chi connectivity index (χ4n) is 3.32. The fraction of sp³-hybridized carbons (Fsp3) is 0.417. The molecule has 6 nitrogen and oxygen atoms in total. The molecule has 0 aliphatic carbocycles. The summed E-state index contributed by atoms with van der Waals surface area (Å²) in [4.78, 5) is 22.1. The van der Waals surface area contributed by atoms with E-state index in [2.05, 4.69) is 18.7 Å². The molecule has 0 saturated carbocycles. The molecule has 0 spiro atoms. The molecule has 0 atom stereocenters. The number of hydrogen-bond acceptors (Lipinski definition) is 6. The number of para-hydroxylation sites is 2. The van der Waals surface area contributed by atoms with E-state index >= 15 is 0 Å². The summed E-state index contributed by atoms with van der Waals surface area (Å²) in [5, 5.41) is 0.707. The Morgan fingerprint density at radius 1 is 0.969 bits per heavy atom. The first-order valence-electron chi connectivity index (χ1n) is 10.9. The van der Waals surface area contributed by atoms with Gasteiger partial charge in [-0.05, 0) is 44.3 Å². The molecular weight excluding hydrogens is 446 g/mol. The van der Waals surface area contributed by atoms with Crippen LogP contribution in [0.1, 0.15) is 27.2 Å². The van der Waals surface area contributed by atoms with Crippen LogP contribution in [-0.2, 0) is 4.79 Å². The first kappa shape index (κ1) is 25.9. The van der Waals surface area contributed by atoms with Gasteiger partial charge >= 0.3 is 0 Å². The number of likely N-dealkylation sites (N-methyl/N-ethyl adjacent to an activating group) is 1. The number of hydrogen-bond donors (Lipinski definition) is 0. The smallest absolute Gasteiger partial charge is 0.232 e. The Hall–Kier alpha value is -2.35. The maximum atomic E-state index is 13.2. The number of carbonyl (C=O) groups is 1. The summed E-state index contributed by atoms with van der Waals surface area (Å²) in [6.45, 7) is 10.4. The zero-order chi connectivity index (χ0) is 22.1. The standard InChI is InChI=1S/C24H31N3O3S.ClH/c1-4-26(5-2)16-17-27(22(28)15-18-30-19-11-8-7-9-12-19)24-25-23-20(29-6-3)13-10-14-21(23)31-24;/h7-14H,4-6,15-18H2,1-3H3;1H. The largest absolute Gasteiger partial charge is 0.493 e. The van der Waals surface area contributed by atoms with Gasteiger partial charge in [0.2, 0.25) is 5.91 Å². The van der Waals surface area contributed by atoms with Crippen LogP contribution in [0.2, 0.25) is 0 Å². The number of nitrogens with zero attached hydrogens (tertiary/aromatic N) is 3. The molecule has 1 aromatic heterocycles. The van der Waals surface area contributed by atoms with Gasteiger partial charge in [-0.2, -0.15) is 0 Å². The number of aromatic nitrogens is 1. The summed E-state index contributed by atoms with van der Waals surface area (Å²) in [6, 6.07) is 15.5. The second-order valence-electron chi connectivity index (χ2n) is 7.02. The van der Waals surface area contributed by atoms with Gasteiger partial charge in [0.15, 0.2) is 5.13 Å². The van der Waals surface area contributed by atoms with Gasteiger partial charge in [-0.15, -0.1) is 12.4 Å². The quantitative estimate of drug-likeness (QED) is 0.356. The normalized spacial score (nSPS) is 10.8. The number of ether oxygens (including phenoxy) is 2. The lowest BCUT2D eigenvalue weighted by Crippen LogP contribution is -2.39. The summed E-state index contributed by atoms with van der Waals surface area (Å²) < 4.78 is 12.5. The molecule has 0 bridgehead atoms. The molecule has 3 rings (SSSR count). The number of carbonyl (C=O) groups excluding carboxylic acids is 1. The van der Waals surface area contributed by atoms with Crippen LogP contribution >= 0.6 is 23.7 Å². The van der Waals surface area contributed by atoms with Gasteiger partial charge < -0.3 is 14.4 Å². The average Bonchev–Trinajstić information content (AvgIpc) is 3.22. The number of thiazole rings is 1. The second-order valence-corrected chi connectivity index (χ2v) is 8.03. The molecule has 1 amide bonds. The third kappa shape index (κ3) is 6.82. The predicted octanol–water partition coefficient (Wildman–Crippen LogP) is 5.26. The summed E-state index contributed by atoms with van der Waals surface area (Å²) in [5.74, 6) is 1.54. The van der Waals surface area contributed by atoms with Crippen LogP contribution in [-0.4, -0.2) is 55.2 Å². The van der Waals surface area contributed by atoms with Crippen molar-refractivity contribution in [1.82, 2.24) is 9.88 Å². The van der Waals surface area contributed by atoms with Gasteiger partial charge in [-0.25, -0.2) is 4.98 Å². The molecule has 0 saturated heterocycles. The molecule has 0 fully saturated rings. The number of amides is 1. The molecule has 32 heavy (non-hydrogen) atoms. The minimum absolute atomic E-state index is 0. The van der Waals surface area contributed by atoms with Gasteiger partial charge in [-0.1, -0.05) is 49.4 Å². The number of rotatable bonds is 12. The molecule has 2 aromatic carbocycles. The van der Waals surface area contributed by atoms with Crippen LogP contribution in [0.3, 0.4) is 0 Å². The van der Waals surface area contributed by atoms with E-state index < -0.39 is 0 Å². The van der Waals surface area contributed by atoms with Crippen molar-refractivity contribution in [3.8, 4) is 11.5 Å². The van der Waals surface area contributed by atoms with Crippen LogP contribution in [0.4, 0.5) is 5.13 Å². The van der Waals surface area contributed by atoms with E-state index in [4.69, 9.17) is 14.5 Å². The van der Waals surface area contributed by atoms with Crippen molar-refractivity contribution in [2.45, 2.75) is 27.2 Å². The number of halogens is 1. The molecular formula is C24H32ClN3O3S. The van der Waals surface area contributed by atoms with E-state index in [1.54, 1.807) is 4.90 Å². The lowest BCUT2D eigenvalue weighted by Gasteiger charge is -2.24. The second kappa shape index (κ2) is 13.3. The minimum Gasteiger partial charge on any atom is -0.493 e. The van der Waals surface area contributed by atoms with Gasteiger partial charge in [0.25, 0.3) is 0 Å². The average molecular weight is 478 g/mol. The van der Waals surface area contributed by atoms with E-state index in [0.717, 1.165) is 41.3 Å². The zero-order valence-electron chi connectivity index (χ0n) is 19.0. The van der Waals surface area contributed by atoms with Crippen LogP contribution in [0.25, 0.3) is 10.2 Å². The van der Waals surface area contributed by atoms with Gasteiger partial charge in [-0.3, -0.25) is 9.69 Å². The van der Waals surface area contributed by atoms with Crippen molar-refractivity contribution < 1.29 is 14.3 Å². The predicted molar refractivity (Wildman–Crippen MR) is 135 cm³/mol. The van der Waals surface area contributed by atoms with Crippen LogP contribution < -0.4 is 14.4 Å². The Morgan fingerprint density at radius 2 is 1.72 bits per heavy atom. The summed E-state index contributed by atoms with van der Waals surface area (Å²) in [5.41, 5.74) is 0.811. The first-order chi connectivity index (χ1) is 15.2. The SMILES string of the molecule is CCOc1cccc2sc(N(CCN(CC)CC)C(=O)CCOc3ccccc3)nc12.Cl. The maximum Gasteiger partial charge on any atom is 0.232 e. The number of fused-ring (bicyclic) bond motifs is 1. The van der Waals surface area contributed by atoms with E-state index in [1.807, 2.05) is 55.5 Å². The van der Waals surface area contributed by atoms with Crippen LogP contribution in [0, 0.1) is 0 Å². The van der Waals surface area contributed by atoms with Crippen molar-refractivity contribution in [3.05, 3.63) is 48.5 Å². The lowest BCUT2D eigenvalue weighted by molar-refractivity contribution is -0.119. The van der Waals surface area contributed by atoms with E-state index in [0.29, 0.717) is 31.3 Å². The third-order valence-electron chi connectivity index (χ3n) is 5.06. The van der Waals surface area contributed by atoms with Crippen molar-refractivity contribution >= 4 is 45.0 Å². The monoisotopic (exact) mass is 477 g/mol. The number of anilines is 1. The maximum absolute atomic E-state index is 13.2. The van der Waals surface area contributed by atoms with Crippen molar-refractivity contribution in [2.75, 3.05) is 44.3 Å². The molecule has 1 heterocycles. The molecule has 0 unspecified atom stereocenters. The van der Waals surface area contributed by atoms with Gasteiger partial charge in [0.1, 0.15) is 17.0 Å². The summed E-state index contributed by atoms with van der Waals surface area (Å²) in [6.07, 6.45) is 0.293. The Balaban J connectivity index is 0.00000363. The van der Waals surface area contributed by atoms with Gasteiger partial charge in [0.05, 0.1) is 24.3 Å². The zero-order valence-corrected chi connectivity index (χ0v) is 20.6. The molecule has 8 heteroatoms. The molecule has 3 aromatic rings. The Morgan fingerprint density at radius 3 is 2.41 bits per heavy atom. The summed E-state index contributed by atoms with van der Waals surface area (Å²) in [7, 11) is 0. The summed E-state index contributed by atoms with van der Waals surface area (Å²) >= 11 is 1.53. The van der Waals surface area contributed by atoms with Crippen LogP contribution in [0.15, 0.2) is 48.5 Å². The van der Waals surface area contributed by atoms with E-state index in [9.17, 15) is 4.79 Å². The highest BCUT2D eigenvalue weighted by atomic mass is 35.5. The fourth-order valence-corrected chi connectivity index (χ4v) is 4.34. The molecule has 0 N–H and O–H groups in total. The molecule has 174 valence electrons. The molecule has 0 radical (unpaired) electrons. The van der Waals surface area contributed by atoms with E-state index in [-0.39, 0.29) is 18.3 Å². The highest BCUT2D eigenvalue weighted by Gasteiger charge is 2.21. The van der Waals surface area contributed by atoms with E-state index in [1.165, 1.54) is 11.3 Å². The van der Waals surface area contributed by atoms with Gasteiger partial charge in [0, 0.05) is 13.1 Å². The minimum atomic E-state index is 0. The highest BCUT2D eigenvalue weighted by molar-refractivity contribution is 7.22. The highest BCUT2D eigenvalue weighted by Crippen LogP contribution is 2.34. The molecule has 0 aliphatic rings. The van der Waals surface area contributed by atoms with Crippen molar-refractivity contribution in [1.29, 1.82) is 0 Å². The number of benzene rings is 2. The van der Waals surface area contributed by atoms with Crippen LogP contribution in [0.5, 0.6) is 11.5 Å². The Kier molecular flexibility index (Phi) is 10.7. The topological polar surface area (TPSA) is 54.9 Å². The Bertz CT molecular complexity index is 964. The Labute approximate surface area is 200 Å². The molecule has 0 aliphatic heterocycles.